The highest BCUT2D eigenvalue weighted by Gasteiger charge is 2.22. The molecule has 3 heteroatoms. The Bertz CT molecular complexity index is 342. The molecule has 1 rings (SSSR count). The van der Waals surface area contributed by atoms with Gasteiger partial charge in [-0.15, -0.1) is 0 Å². The van der Waals surface area contributed by atoms with E-state index in [1.165, 1.54) is 7.11 Å². The highest BCUT2D eigenvalue weighted by molar-refractivity contribution is 5.42. The fourth-order valence-electron chi connectivity index (χ4n) is 1.36. The second kappa shape index (κ2) is 3.58. The summed E-state index contributed by atoms with van der Waals surface area (Å²) in [5.74, 6) is -0.0824. The molecule has 0 bridgehead atoms. The Morgan fingerprint density at radius 2 is 1.93 bits per heavy atom. The van der Waals surface area contributed by atoms with E-state index in [1.807, 2.05) is 13.8 Å². The van der Waals surface area contributed by atoms with Gasteiger partial charge in [0.05, 0.1) is 7.11 Å². The van der Waals surface area contributed by atoms with Gasteiger partial charge in [-0.25, -0.2) is 4.39 Å². The van der Waals surface area contributed by atoms with Crippen molar-refractivity contribution in [3.63, 3.8) is 0 Å². The predicted octanol–water partition coefficient (Wildman–Crippen LogP) is 2.34. The molecule has 0 saturated carbocycles. The van der Waals surface area contributed by atoms with Crippen LogP contribution in [0.4, 0.5) is 4.39 Å². The number of methoxy groups -OCH3 is 1. The first-order chi connectivity index (χ1) is 6.38. The quantitative estimate of drug-likeness (QED) is 0.789. The number of benzene rings is 1. The van der Waals surface area contributed by atoms with Gasteiger partial charge in [0, 0.05) is 11.1 Å². The van der Waals surface area contributed by atoms with E-state index < -0.39 is 5.54 Å². The Labute approximate surface area is 83.9 Å². The summed E-state index contributed by atoms with van der Waals surface area (Å²) in [5, 5.41) is 0. The molecule has 0 aliphatic rings. The molecule has 1 aromatic carbocycles. The van der Waals surface area contributed by atoms with Gasteiger partial charge >= 0.3 is 0 Å². The molecule has 0 aliphatic heterocycles. The molecule has 0 heterocycles. The predicted molar refractivity (Wildman–Crippen MR) is 54.9 cm³/mol. The average molecular weight is 197 g/mol. The van der Waals surface area contributed by atoms with E-state index in [2.05, 4.69) is 0 Å². The van der Waals surface area contributed by atoms with E-state index in [9.17, 15) is 4.39 Å². The Hall–Kier alpha value is -1.09. The Kier molecular flexibility index (Phi) is 2.81. The van der Waals surface area contributed by atoms with Crippen LogP contribution in [0.3, 0.4) is 0 Å². The average Bonchev–Trinajstić information content (AvgIpc) is 2.07. The second-order valence-corrected chi connectivity index (χ2v) is 4.00. The molecule has 0 spiro atoms. The summed E-state index contributed by atoms with van der Waals surface area (Å²) in [7, 11) is 1.45. The van der Waals surface area contributed by atoms with Crippen LogP contribution in [-0.4, -0.2) is 7.11 Å². The molecule has 1 aromatic rings. The lowest BCUT2D eigenvalue weighted by Crippen LogP contribution is -2.29. The van der Waals surface area contributed by atoms with Gasteiger partial charge < -0.3 is 10.5 Å². The summed E-state index contributed by atoms with van der Waals surface area (Å²) < 4.78 is 18.6. The van der Waals surface area contributed by atoms with Crippen molar-refractivity contribution in [2.45, 2.75) is 26.3 Å². The number of hydrogen-bond acceptors (Lipinski definition) is 2. The number of nitrogens with two attached hydrogens (primary N) is 1. The summed E-state index contributed by atoms with van der Waals surface area (Å²) in [6.07, 6.45) is 0. The molecular formula is C11H16FNO. The van der Waals surface area contributed by atoms with Gasteiger partial charge in [0.25, 0.3) is 0 Å². The van der Waals surface area contributed by atoms with Crippen LogP contribution >= 0.6 is 0 Å². The maximum atomic E-state index is 13.6. The highest BCUT2D eigenvalue weighted by atomic mass is 19.1. The molecule has 2 nitrogen and oxygen atoms in total. The van der Waals surface area contributed by atoms with Gasteiger partial charge in [0.1, 0.15) is 0 Å². The molecule has 2 N–H and O–H groups in total. The van der Waals surface area contributed by atoms with Crippen LogP contribution in [0.5, 0.6) is 5.75 Å². The van der Waals surface area contributed by atoms with Crippen molar-refractivity contribution in [1.82, 2.24) is 0 Å². The topological polar surface area (TPSA) is 35.2 Å². The van der Waals surface area contributed by atoms with Gasteiger partial charge in [-0.2, -0.15) is 0 Å². The minimum absolute atomic E-state index is 0.248. The molecule has 0 fully saturated rings. The van der Waals surface area contributed by atoms with Crippen LogP contribution in [0.2, 0.25) is 0 Å². The van der Waals surface area contributed by atoms with Crippen molar-refractivity contribution >= 4 is 0 Å². The molecule has 0 amide bonds. The van der Waals surface area contributed by atoms with Crippen LogP contribution < -0.4 is 10.5 Å². The van der Waals surface area contributed by atoms with E-state index in [0.717, 1.165) is 0 Å². The summed E-state index contributed by atoms with van der Waals surface area (Å²) in [6, 6.07) is 3.51. The van der Waals surface area contributed by atoms with Crippen molar-refractivity contribution in [3.8, 4) is 5.75 Å². The molecule has 14 heavy (non-hydrogen) atoms. The minimum Gasteiger partial charge on any atom is -0.493 e. The number of halogens is 1. The van der Waals surface area contributed by atoms with E-state index in [-0.39, 0.29) is 11.6 Å². The van der Waals surface area contributed by atoms with E-state index in [0.29, 0.717) is 11.1 Å². The summed E-state index contributed by atoms with van der Waals surface area (Å²) in [5.41, 5.74) is 6.56. The van der Waals surface area contributed by atoms with Crippen molar-refractivity contribution in [3.05, 3.63) is 29.1 Å². The first kappa shape index (κ1) is 11.0. The fraction of sp³-hybridized carbons (Fsp3) is 0.455. The largest absolute Gasteiger partial charge is 0.493 e. The van der Waals surface area contributed by atoms with E-state index >= 15 is 0 Å². The zero-order valence-electron chi connectivity index (χ0n) is 9.02. The molecule has 0 aliphatic carbocycles. The number of ether oxygens (including phenoxy) is 1. The summed E-state index contributed by atoms with van der Waals surface area (Å²) in [6.45, 7) is 5.34. The van der Waals surface area contributed by atoms with Gasteiger partial charge in [0.15, 0.2) is 11.6 Å². The van der Waals surface area contributed by atoms with Crippen LogP contribution in [0.25, 0.3) is 0 Å². The lowest BCUT2D eigenvalue weighted by molar-refractivity contribution is 0.367. The maximum Gasteiger partial charge on any atom is 0.168 e. The molecule has 0 unspecified atom stereocenters. The first-order valence-corrected chi connectivity index (χ1v) is 4.50. The molecule has 78 valence electrons. The number of rotatable bonds is 2. The fourth-order valence-corrected chi connectivity index (χ4v) is 1.36. The molecule has 0 aromatic heterocycles. The normalized spacial score (nSPS) is 11.6. The van der Waals surface area contributed by atoms with Crippen LogP contribution in [-0.2, 0) is 5.54 Å². The third-order valence-electron chi connectivity index (χ3n) is 2.19. The number of aryl methyl sites for hydroxylation is 1. The zero-order valence-corrected chi connectivity index (χ0v) is 9.02. The SMILES string of the molecule is COc1c(C(C)(C)N)ccc(C)c1F. The first-order valence-electron chi connectivity index (χ1n) is 4.50. The van der Waals surface area contributed by atoms with Gasteiger partial charge in [-0.3, -0.25) is 0 Å². The van der Waals surface area contributed by atoms with Gasteiger partial charge in [-0.05, 0) is 26.3 Å². The van der Waals surface area contributed by atoms with Gasteiger partial charge in [0.2, 0.25) is 0 Å². The Balaban J connectivity index is 3.39. The van der Waals surface area contributed by atoms with Crippen molar-refractivity contribution in [2.24, 2.45) is 5.73 Å². The van der Waals surface area contributed by atoms with Crippen molar-refractivity contribution in [2.75, 3.05) is 7.11 Å². The standard InChI is InChI=1S/C11H16FNO/c1-7-5-6-8(11(2,3)13)10(14-4)9(7)12/h5-6H,13H2,1-4H3. The van der Waals surface area contributed by atoms with Crippen LogP contribution in [0.1, 0.15) is 25.0 Å². The van der Waals surface area contributed by atoms with Gasteiger partial charge in [-0.1, -0.05) is 12.1 Å². The van der Waals surface area contributed by atoms with Crippen LogP contribution in [0, 0.1) is 12.7 Å². The maximum absolute atomic E-state index is 13.6. The minimum atomic E-state index is -0.597. The Morgan fingerprint density at radius 1 is 1.36 bits per heavy atom. The smallest absolute Gasteiger partial charge is 0.168 e. The molecule has 0 saturated heterocycles. The van der Waals surface area contributed by atoms with Crippen molar-refractivity contribution < 1.29 is 9.13 Å². The summed E-state index contributed by atoms with van der Waals surface area (Å²) in [4.78, 5) is 0. The lowest BCUT2D eigenvalue weighted by Gasteiger charge is -2.22. The molecular weight excluding hydrogens is 181 g/mol. The molecule has 0 radical (unpaired) electrons. The third-order valence-corrected chi connectivity index (χ3v) is 2.19. The monoisotopic (exact) mass is 197 g/mol. The van der Waals surface area contributed by atoms with Crippen molar-refractivity contribution in [1.29, 1.82) is 0 Å². The Morgan fingerprint density at radius 3 is 2.36 bits per heavy atom. The zero-order chi connectivity index (χ0) is 10.9. The molecule has 0 atom stereocenters. The van der Waals surface area contributed by atoms with E-state index in [4.69, 9.17) is 10.5 Å². The number of hydrogen-bond donors (Lipinski definition) is 1. The lowest BCUT2D eigenvalue weighted by atomic mass is 9.93. The second-order valence-electron chi connectivity index (χ2n) is 4.00. The highest BCUT2D eigenvalue weighted by Crippen LogP contribution is 2.31. The van der Waals surface area contributed by atoms with E-state index in [1.54, 1.807) is 19.1 Å². The van der Waals surface area contributed by atoms with Crippen LogP contribution in [0.15, 0.2) is 12.1 Å². The third kappa shape index (κ3) is 1.87. The summed E-state index contributed by atoms with van der Waals surface area (Å²) >= 11 is 0.